The first-order valence-corrected chi connectivity index (χ1v) is 4.98. The minimum absolute atomic E-state index is 0.383. The molecule has 0 aliphatic carbocycles. The Balaban J connectivity index is 2.41. The van der Waals surface area contributed by atoms with Gasteiger partial charge in [-0.3, -0.25) is 5.41 Å². The summed E-state index contributed by atoms with van der Waals surface area (Å²) in [7, 11) is 0. The van der Waals surface area contributed by atoms with Crippen molar-refractivity contribution in [2.75, 3.05) is 6.61 Å². The monoisotopic (exact) mass is 191 g/mol. The molecule has 0 aliphatic heterocycles. The van der Waals surface area contributed by atoms with Crippen LogP contribution in [0.4, 0.5) is 0 Å². The van der Waals surface area contributed by atoms with E-state index in [0.29, 0.717) is 18.9 Å². The highest BCUT2D eigenvalue weighted by Crippen LogP contribution is 2.06. The molecule has 0 heterocycles. The quantitative estimate of drug-likeness (QED) is 0.576. The van der Waals surface area contributed by atoms with Crippen LogP contribution in [0.2, 0.25) is 0 Å². The molecule has 0 spiro atoms. The summed E-state index contributed by atoms with van der Waals surface area (Å²) in [6.45, 7) is 4.57. The highest BCUT2D eigenvalue weighted by molar-refractivity contribution is 5.72. The second-order valence-electron chi connectivity index (χ2n) is 3.35. The predicted molar refractivity (Wildman–Crippen MR) is 58.9 cm³/mol. The van der Waals surface area contributed by atoms with Crippen molar-refractivity contribution in [2.45, 2.75) is 26.7 Å². The molecule has 1 N–H and O–H groups in total. The van der Waals surface area contributed by atoms with Crippen molar-refractivity contribution in [3.05, 3.63) is 35.4 Å². The zero-order chi connectivity index (χ0) is 10.4. The second kappa shape index (κ2) is 5.43. The van der Waals surface area contributed by atoms with Gasteiger partial charge in [-0.15, -0.1) is 0 Å². The fraction of sp³-hybridized carbons (Fsp3) is 0.417. The third kappa shape index (κ3) is 3.60. The van der Waals surface area contributed by atoms with Gasteiger partial charge in [-0.05, 0) is 25.8 Å². The second-order valence-corrected chi connectivity index (χ2v) is 3.35. The lowest BCUT2D eigenvalue weighted by Gasteiger charge is -2.05. The van der Waals surface area contributed by atoms with Crippen LogP contribution in [-0.2, 0) is 11.2 Å². The maximum atomic E-state index is 7.47. The molecule has 0 aliphatic rings. The summed E-state index contributed by atoms with van der Waals surface area (Å²) < 4.78 is 5.08. The van der Waals surface area contributed by atoms with Crippen LogP contribution in [0.1, 0.15) is 24.5 Å². The van der Waals surface area contributed by atoms with Gasteiger partial charge in [0.25, 0.3) is 0 Å². The van der Waals surface area contributed by atoms with Crippen molar-refractivity contribution >= 4 is 5.90 Å². The Morgan fingerprint density at radius 1 is 1.43 bits per heavy atom. The van der Waals surface area contributed by atoms with Gasteiger partial charge in [-0.2, -0.15) is 0 Å². The third-order valence-electron chi connectivity index (χ3n) is 2.04. The van der Waals surface area contributed by atoms with Gasteiger partial charge in [0.15, 0.2) is 5.90 Å². The van der Waals surface area contributed by atoms with Crippen LogP contribution in [0.15, 0.2) is 24.3 Å². The number of hydrogen-bond donors (Lipinski definition) is 1. The van der Waals surface area contributed by atoms with Crippen LogP contribution in [-0.4, -0.2) is 12.5 Å². The highest BCUT2D eigenvalue weighted by atomic mass is 16.5. The molecule has 1 aromatic carbocycles. The Morgan fingerprint density at radius 2 is 2.21 bits per heavy atom. The summed E-state index contributed by atoms with van der Waals surface area (Å²) in [5, 5.41) is 7.47. The SMILES string of the molecule is CCOC(=N)CCc1cccc(C)c1. The molecule has 2 nitrogen and oxygen atoms in total. The molecule has 14 heavy (non-hydrogen) atoms. The lowest BCUT2D eigenvalue weighted by Crippen LogP contribution is -2.04. The van der Waals surface area contributed by atoms with Crippen molar-refractivity contribution in [3.8, 4) is 0 Å². The zero-order valence-corrected chi connectivity index (χ0v) is 8.84. The molecule has 0 fully saturated rings. The molecular formula is C12H17NO. The van der Waals surface area contributed by atoms with E-state index in [4.69, 9.17) is 10.1 Å². The van der Waals surface area contributed by atoms with Gasteiger partial charge < -0.3 is 4.74 Å². The molecule has 2 heteroatoms. The van der Waals surface area contributed by atoms with Gasteiger partial charge in [-0.1, -0.05) is 29.8 Å². The number of benzene rings is 1. The van der Waals surface area contributed by atoms with Gasteiger partial charge in [-0.25, -0.2) is 0 Å². The van der Waals surface area contributed by atoms with Crippen LogP contribution >= 0.6 is 0 Å². The molecular weight excluding hydrogens is 174 g/mol. The van der Waals surface area contributed by atoms with E-state index in [-0.39, 0.29) is 0 Å². The lowest BCUT2D eigenvalue weighted by atomic mass is 10.1. The molecule has 0 atom stereocenters. The van der Waals surface area contributed by atoms with Gasteiger partial charge in [0.1, 0.15) is 0 Å². The average molecular weight is 191 g/mol. The molecule has 0 saturated heterocycles. The third-order valence-corrected chi connectivity index (χ3v) is 2.04. The largest absolute Gasteiger partial charge is 0.481 e. The maximum absolute atomic E-state index is 7.47. The fourth-order valence-electron chi connectivity index (χ4n) is 1.37. The standard InChI is InChI=1S/C12H17NO/c1-3-14-12(13)8-7-11-6-4-5-10(2)9-11/h4-6,9,13H,3,7-8H2,1-2H3. The van der Waals surface area contributed by atoms with Crippen molar-refractivity contribution in [1.29, 1.82) is 5.41 Å². The Kier molecular flexibility index (Phi) is 4.17. The number of aryl methyl sites for hydroxylation is 2. The summed E-state index contributed by atoms with van der Waals surface area (Å²) in [4.78, 5) is 0. The van der Waals surface area contributed by atoms with Crippen molar-refractivity contribution < 1.29 is 4.74 Å². The average Bonchev–Trinajstić information content (AvgIpc) is 2.15. The van der Waals surface area contributed by atoms with Gasteiger partial charge in [0.05, 0.1) is 6.61 Å². The Morgan fingerprint density at radius 3 is 2.86 bits per heavy atom. The fourth-order valence-corrected chi connectivity index (χ4v) is 1.37. The summed E-state index contributed by atoms with van der Waals surface area (Å²) >= 11 is 0. The molecule has 0 bridgehead atoms. The maximum Gasteiger partial charge on any atom is 0.180 e. The molecule has 1 aromatic rings. The van der Waals surface area contributed by atoms with Gasteiger partial charge >= 0.3 is 0 Å². The Bertz CT molecular complexity index is 307. The Hall–Kier alpha value is -1.31. The van der Waals surface area contributed by atoms with Crippen molar-refractivity contribution in [3.63, 3.8) is 0 Å². The van der Waals surface area contributed by atoms with E-state index in [1.807, 2.05) is 6.92 Å². The first-order valence-electron chi connectivity index (χ1n) is 4.98. The summed E-state index contributed by atoms with van der Waals surface area (Å²) in [5.41, 5.74) is 2.54. The van der Waals surface area contributed by atoms with E-state index in [1.165, 1.54) is 11.1 Å². The number of ether oxygens (including phenoxy) is 1. The van der Waals surface area contributed by atoms with Gasteiger partial charge in [0.2, 0.25) is 0 Å². The van der Waals surface area contributed by atoms with E-state index in [9.17, 15) is 0 Å². The van der Waals surface area contributed by atoms with E-state index in [0.717, 1.165) is 6.42 Å². The minimum atomic E-state index is 0.383. The van der Waals surface area contributed by atoms with Crippen LogP contribution in [0.3, 0.4) is 0 Å². The first kappa shape index (κ1) is 10.8. The number of nitrogens with one attached hydrogen (secondary N) is 1. The number of hydrogen-bond acceptors (Lipinski definition) is 2. The molecule has 1 rings (SSSR count). The molecule has 0 unspecified atom stereocenters. The van der Waals surface area contributed by atoms with Crippen LogP contribution in [0.5, 0.6) is 0 Å². The normalized spacial score (nSPS) is 9.86. The van der Waals surface area contributed by atoms with Crippen LogP contribution < -0.4 is 0 Å². The number of rotatable bonds is 4. The van der Waals surface area contributed by atoms with Crippen LogP contribution in [0.25, 0.3) is 0 Å². The first-order chi connectivity index (χ1) is 6.72. The van der Waals surface area contributed by atoms with E-state index in [1.54, 1.807) is 0 Å². The Labute approximate surface area is 85.4 Å². The van der Waals surface area contributed by atoms with Gasteiger partial charge in [0, 0.05) is 6.42 Å². The predicted octanol–water partition coefficient (Wildman–Crippen LogP) is 2.94. The summed E-state index contributed by atoms with van der Waals surface area (Å²) in [5.74, 6) is 0.383. The smallest absolute Gasteiger partial charge is 0.180 e. The molecule has 76 valence electrons. The van der Waals surface area contributed by atoms with Crippen molar-refractivity contribution in [2.24, 2.45) is 0 Å². The van der Waals surface area contributed by atoms with E-state index in [2.05, 4.69) is 31.2 Å². The minimum Gasteiger partial charge on any atom is -0.481 e. The lowest BCUT2D eigenvalue weighted by molar-refractivity contribution is 0.314. The molecule has 0 amide bonds. The molecule has 0 radical (unpaired) electrons. The zero-order valence-electron chi connectivity index (χ0n) is 8.84. The summed E-state index contributed by atoms with van der Waals surface area (Å²) in [6, 6.07) is 8.37. The summed E-state index contributed by atoms with van der Waals surface area (Å²) in [6.07, 6.45) is 1.58. The van der Waals surface area contributed by atoms with Crippen LogP contribution in [0, 0.1) is 12.3 Å². The molecule has 0 saturated carbocycles. The topological polar surface area (TPSA) is 33.1 Å². The van der Waals surface area contributed by atoms with E-state index < -0.39 is 0 Å². The van der Waals surface area contributed by atoms with E-state index >= 15 is 0 Å². The highest BCUT2D eigenvalue weighted by Gasteiger charge is 1.98. The van der Waals surface area contributed by atoms with Crippen molar-refractivity contribution in [1.82, 2.24) is 0 Å². The molecule has 0 aromatic heterocycles.